The number of methoxy groups -OCH3 is 1. The van der Waals surface area contributed by atoms with Crippen molar-refractivity contribution in [3.63, 3.8) is 0 Å². The number of hydrogen-bond acceptors (Lipinski definition) is 6. The predicted octanol–water partition coefficient (Wildman–Crippen LogP) is 0.784. The third kappa shape index (κ3) is 1.88. The summed E-state index contributed by atoms with van der Waals surface area (Å²) in [5, 5.41) is 3.33. The SMILES string of the molecule is COC(=O)C[C@@H]1CNc2nc(N)nc(Cl)c21. The topological polar surface area (TPSA) is 90.1 Å². The number of nitrogens with one attached hydrogen (secondary N) is 1. The Bertz CT molecular complexity index is 438. The third-order valence-corrected chi connectivity index (χ3v) is 2.77. The number of rotatable bonds is 2. The van der Waals surface area contributed by atoms with Gasteiger partial charge in [0.25, 0.3) is 0 Å². The fourth-order valence-electron chi connectivity index (χ4n) is 1.74. The number of fused-ring (bicyclic) bond motifs is 1. The molecule has 1 aliphatic rings. The molecule has 0 aliphatic carbocycles. The van der Waals surface area contributed by atoms with Gasteiger partial charge in [0, 0.05) is 18.0 Å². The molecule has 3 N–H and O–H groups in total. The smallest absolute Gasteiger partial charge is 0.306 e. The highest BCUT2D eigenvalue weighted by Crippen LogP contribution is 2.37. The first-order valence-electron chi connectivity index (χ1n) is 4.75. The van der Waals surface area contributed by atoms with Crippen molar-refractivity contribution >= 4 is 29.3 Å². The van der Waals surface area contributed by atoms with Gasteiger partial charge in [0.2, 0.25) is 5.95 Å². The fourth-order valence-corrected chi connectivity index (χ4v) is 2.07. The molecule has 86 valence electrons. The van der Waals surface area contributed by atoms with E-state index in [0.29, 0.717) is 17.5 Å². The third-order valence-electron chi connectivity index (χ3n) is 2.48. The number of hydrogen-bond donors (Lipinski definition) is 2. The van der Waals surface area contributed by atoms with Crippen molar-refractivity contribution in [3.05, 3.63) is 10.7 Å². The van der Waals surface area contributed by atoms with E-state index < -0.39 is 0 Å². The number of anilines is 2. The Morgan fingerprint density at radius 3 is 3.12 bits per heavy atom. The minimum absolute atomic E-state index is 0.0597. The molecule has 0 bridgehead atoms. The van der Waals surface area contributed by atoms with Crippen molar-refractivity contribution in [1.82, 2.24) is 9.97 Å². The first kappa shape index (κ1) is 10.9. The summed E-state index contributed by atoms with van der Waals surface area (Å²) in [7, 11) is 1.35. The lowest BCUT2D eigenvalue weighted by Crippen LogP contribution is -2.10. The van der Waals surface area contributed by atoms with E-state index in [2.05, 4.69) is 20.0 Å². The Balaban J connectivity index is 2.29. The van der Waals surface area contributed by atoms with Crippen LogP contribution in [0.4, 0.5) is 11.8 Å². The molecule has 0 amide bonds. The Morgan fingerprint density at radius 2 is 2.44 bits per heavy atom. The number of ether oxygens (including phenoxy) is 1. The van der Waals surface area contributed by atoms with Crippen molar-refractivity contribution in [2.75, 3.05) is 24.7 Å². The molecule has 0 unspecified atom stereocenters. The van der Waals surface area contributed by atoms with Gasteiger partial charge in [0.1, 0.15) is 11.0 Å². The van der Waals surface area contributed by atoms with Crippen LogP contribution in [-0.4, -0.2) is 29.6 Å². The van der Waals surface area contributed by atoms with E-state index in [4.69, 9.17) is 17.3 Å². The van der Waals surface area contributed by atoms with Gasteiger partial charge >= 0.3 is 5.97 Å². The standard InChI is InChI=1S/C9H11ClN4O2/c1-16-5(15)2-4-3-12-8-6(4)7(10)13-9(11)14-8/h4H,2-3H2,1H3,(H3,11,12,13,14)/t4-/m1/s1. The number of carbonyl (C=O) groups is 1. The van der Waals surface area contributed by atoms with Crippen molar-refractivity contribution in [2.45, 2.75) is 12.3 Å². The van der Waals surface area contributed by atoms with Gasteiger partial charge in [-0.3, -0.25) is 4.79 Å². The number of nitrogens with zero attached hydrogens (tertiary/aromatic N) is 2. The monoisotopic (exact) mass is 242 g/mol. The molecule has 16 heavy (non-hydrogen) atoms. The second-order valence-corrected chi connectivity index (χ2v) is 3.85. The van der Waals surface area contributed by atoms with Crippen LogP contribution >= 0.6 is 11.6 Å². The van der Waals surface area contributed by atoms with E-state index >= 15 is 0 Å². The lowest BCUT2D eigenvalue weighted by Gasteiger charge is -2.08. The van der Waals surface area contributed by atoms with Crippen LogP contribution in [-0.2, 0) is 9.53 Å². The molecule has 1 aromatic heterocycles. The summed E-state index contributed by atoms with van der Waals surface area (Å²) in [4.78, 5) is 19.1. The number of esters is 1. The maximum Gasteiger partial charge on any atom is 0.306 e. The molecule has 1 atom stereocenters. The molecule has 7 heteroatoms. The number of halogens is 1. The van der Waals surface area contributed by atoms with E-state index in [1.807, 2.05) is 0 Å². The first-order valence-corrected chi connectivity index (χ1v) is 5.13. The molecule has 1 aliphatic heterocycles. The Morgan fingerprint density at radius 1 is 1.69 bits per heavy atom. The molecule has 6 nitrogen and oxygen atoms in total. The minimum atomic E-state index is -0.285. The van der Waals surface area contributed by atoms with Crippen LogP contribution in [0.1, 0.15) is 17.9 Å². The second-order valence-electron chi connectivity index (χ2n) is 3.49. The average Bonchev–Trinajstić information content (AvgIpc) is 2.61. The van der Waals surface area contributed by atoms with Gasteiger partial charge in [-0.25, -0.2) is 4.98 Å². The highest BCUT2D eigenvalue weighted by atomic mass is 35.5. The zero-order chi connectivity index (χ0) is 11.7. The van der Waals surface area contributed by atoms with E-state index in [1.54, 1.807) is 0 Å². The van der Waals surface area contributed by atoms with E-state index in [0.717, 1.165) is 5.56 Å². The average molecular weight is 243 g/mol. The molecular weight excluding hydrogens is 232 g/mol. The van der Waals surface area contributed by atoms with Crippen LogP contribution < -0.4 is 11.1 Å². The molecule has 2 rings (SSSR count). The minimum Gasteiger partial charge on any atom is -0.469 e. The van der Waals surface area contributed by atoms with E-state index in [9.17, 15) is 4.79 Å². The fraction of sp³-hybridized carbons (Fsp3) is 0.444. The zero-order valence-corrected chi connectivity index (χ0v) is 9.41. The van der Waals surface area contributed by atoms with Crippen LogP contribution in [0.3, 0.4) is 0 Å². The van der Waals surface area contributed by atoms with Crippen LogP contribution in [0.15, 0.2) is 0 Å². The molecule has 0 aromatic carbocycles. The van der Waals surface area contributed by atoms with Gasteiger partial charge < -0.3 is 15.8 Å². The molecule has 1 aromatic rings. The van der Waals surface area contributed by atoms with Gasteiger partial charge in [-0.1, -0.05) is 11.6 Å². The van der Waals surface area contributed by atoms with Crippen LogP contribution in [0, 0.1) is 0 Å². The Kier molecular flexibility index (Phi) is 2.82. The van der Waals surface area contributed by atoms with Gasteiger partial charge in [-0.15, -0.1) is 0 Å². The molecule has 0 saturated carbocycles. The van der Waals surface area contributed by atoms with Gasteiger partial charge in [-0.2, -0.15) is 4.98 Å². The van der Waals surface area contributed by atoms with Crippen molar-refractivity contribution in [2.24, 2.45) is 0 Å². The zero-order valence-electron chi connectivity index (χ0n) is 8.66. The molecule has 0 spiro atoms. The second kappa shape index (κ2) is 4.13. The maximum atomic E-state index is 11.2. The largest absolute Gasteiger partial charge is 0.469 e. The highest BCUT2D eigenvalue weighted by molar-refractivity contribution is 6.30. The molecule has 2 heterocycles. The Hall–Kier alpha value is -1.56. The maximum absolute atomic E-state index is 11.2. The summed E-state index contributed by atoms with van der Waals surface area (Å²) >= 11 is 5.97. The molecule has 0 fully saturated rings. The number of nitrogens with two attached hydrogens (primary N) is 1. The van der Waals surface area contributed by atoms with Gasteiger partial charge in [-0.05, 0) is 0 Å². The Labute approximate surface area is 97.2 Å². The van der Waals surface area contributed by atoms with Crippen molar-refractivity contribution in [1.29, 1.82) is 0 Å². The predicted molar refractivity (Wildman–Crippen MR) is 59.3 cm³/mol. The first-order chi connectivity index (χ1) is 7.61. The van der Waals surface area contributed by atoms with Gasteiger partial charge in [0.15, 0.2) is 0 Å². The molecule has 0 radical (unpaired) electrons. The van der Waals surface area contributed by atoms with E-state index in [1.165, 1.54) is 7.11 Å². The normalized spacial score (nSPS) is 17.8. The summed E-state index contributed by atoms with van der Waals surface area (Å²) in [5.74, 6) is 0.379. The summed E-state index contributed by atoms with van der Waals surface area (Å²) in [6, 6.07) is 0. The van der Waals surface area contributed by atoms with Crippen molar-refractivity contribution < 1.29 is 9.53 Å². The molecule has 0 saturated heterocycles. The molecular formula is C9H11ClN4O2. The lowest BCUT2D eigenvalue weighted by molar-refractivity contribution is -0.140. The van der Waals surface area contributed by atoms with Crippen molar-refractivity contribution in [3.8, 4) is 0 Å². The highest BCUT2D eigenvalue weighted by Gasteiger charge is 2.29. The lowest BCUT2D eigenvalue weighted by atomic mass is 10.0. The van der Waals surface area contributed by atoms with Crippen LogP contribution in [0.2, 0.25) is 5.15 Å². The summed E-state index contributed by atoms with van der Waals surface area (Å²) in [6.45, 7) is 0.586. The van der Waals surface area contributed by atoms with Crippen LogP contribution in [0.25, 0.3) is 0 Å². The summed E-state index contributed by atoms with van der Waals surface area (Å²) in [6.07, 6.45) is 0.253. The van der Waals surface area contributed by atoms with Crippen LogP contribution in [0.5, 0.6) is 0 Å². The quantitative estimate of drug-likeness (QED) is 0.589. The summed E-state index contributed by atoms with van der Waals surface area (Å²) < 4.78 is 4.62. The summed E-state index contributed by atoms with van der Waals surface area (Å²) in [5.41, 5.74) is 6.20. The van der Waals surface area contributed by atoms with Gasteiger partial charge in [0.05, 0.1) is 13.5 Å². The number of aromatic nitrogens is 2. The number of nitrogen functional groups attached to an aromatic ring is 1. The number of carbonyl (C=O) groups excluding carboxylic acids is 1. The van der Waals surface area contributed by atoms with E-state index in [-0.39, 0.29) is 24.3 Å².